The van der Waals surface area contributed by atoms with Crippen LogP contribution >= 0.6 is 22.9 Å². The molecule has 1 fully saturated rings. The van der Waals surface area contributed by atoms with Crippen molar-refractivity contribution in [3.8, 4) is 0 Å². The van der Waals surface area contributed by atoms with E-state index in [-0.39, 0.29) is 5.91 Å². The molecular weight excluding hydrogens is 402 g/mol. The van der Waals surface area contributed by atoms with E-state index in [0.29, 0.717) is 6.54 Å². The number of anilines is 1. The van der Waals surface area contributed by atoms with Crippen molar-refractivity contribution in [1.82, 2.24) is 10.2 Å². The van der Waals surface area contributed by atoms with Gasteiger partial charge in [0.15, 0.2) is 0 Å². The average molecular weight is 426 g/mol. The van der Waals surface area contributed by atoms with Gasteiger partial charge in [-0.3, -0.25) is 9.69 Å². The van der Waals surface area contributed by atoms with Gasteiger partial charge in [-0.1, -0.05) is 29.8 Å². The zero-order valence-corrected chi connectivity index (χ0v) is 17.9. The van der Waals surface area contributed by atoms with Gasteiger partial charge in [-0.15, -0.1) is 11.3 Å². The van der Waals surface area contributed by atoms with Gasteiger partial charge in [-0.25, -0.2) is 0 Å². The summed E-state index contributed by atoms with van der Waals surface area (Å²) in [7, 11) is 0. The topological polar surface area (TPSA) is 35.6 Å². The molecule has 0 aliphatic carbocycles. The number of amides is 1. The van der Waals surface area contributed by atoms with Crippen molar-refractivity contribution in [2.24, 2.45) is 0 Å². The fraction of sp³-hybridized carbons (Fsp3) is 0.348. The molecule has 0 radical (unpaired) electrons. The third-order valence-corrected chi connectivity index (χ3v) is 7.39. The van der Waals surface area contributed by atoms with Crippen LogP contribution in [0.1, 0.15) is 16.0 Å². The van der Waals surface area contributed by atoms with Gasteiger partial charge in [-0.2, -0.15) is 0 Å². The van der Waals surface area contributed by atoms with Crippen molar-refractivity contribution in [1.29, 1.82) is 0 Å². The minimum Gasteiger partial charge on any atom is -0.312 e. The Hall–Kier alpha value is -1.92. The number of thiophene rings is 1. The number of nitrogens with zero attached hydrogens (tertiary/aromatic N) is 2. The van der Waals surface area contributed by atoms with Crippen LogP contribution in [0.25, 0.3) is 10.1 Å². The highest BCUT2D eigenvalue weighted by Gasteiger charge is 2.25. The van der Waals surface area contributed by atoms with Crippen molar-refractivity contribution in [2.75, 3.05) is 37.6 Å². The molecule has 0 spiro atoms. The Kier molecular flexibility index (Phi) is 5.31. The Bertz CT molecular complexity index is 1050. The zero-order valence-electron chi connectivity index (χ0n) is 16.3. The monoisotopic (exact) mass is 425 g/mol. The second-order valence-electron chi connectivity index (χ2n) is 7.81. The molecule has 1 aromatic heterocycles. The highest BCUT2D eigenvalue weighted by atomic mass is 35.5. The van der Waals surface area contributed by atoms with Gasteiger partial charge in [0.25, 0.3) is 0 Å². The largest absolute Gasteiger partial charge is 0.312 e. The quantitative estimate of drug-likeness (QED) is 0.683. The van der Waals surface area contributed by atoms with E-state index in [0.717, 1.165) is 56.3 Å². The molecule has 0 saturated carbocycles. The molecule has 29 heavy (non-hydrogen) atoms. The van der Waals surface area contributed by atoms with Crippen molar-refractivity contribution >= 4 is 44.6 Å². The Morgan fingerprint density at radius 3 is 2.79 bits per heavy atom. The molecule has 3 aromatic rings. The summed E-state index contributed by atoms with van der Waals surface area (Å²) >= 11 is 7.82. The number of hydrogen-bond acceptors (Lipinski definition) is 4. The van der Waals surface area contributed by atoms with Crippen LogP contribution < -0.4 is 10.2 Å². The van der Waals surface area contributed by atoms with Crippen LogP contribution in [-0.2, 0) is 24.2 Å². The molecule has 1 N–H and O–H groups in total. The van der Waals surface area contributed by atoms with E-state index in [9.17, 15) is 4.79 Å². The van der Waals surface area contributed by atoms with E-state index in [1.165, 1.54) is 26.1 Å². The maximum atomic E-state index is 12.9. The maximum absolute atomic E-state index is 12.9. The lowest BCUT2D eigenvalue weighted by Crippen LogP contribution is -2.50. The molecule has 0 atom stereocenters. The molecule has 0 unspecified atom stereocenters. The summed E-state index contributed by atoms with van der Waals surface area (Å²) in [6, 6.07) is 14.5. The SMILES string of the molecule is O=C1CN(CCc2ccc(Cl)cc2)CCN1c1ccc2c3c(sc2c1)CNCC3. The minimum atomic E-state index is 0.190. The fourth-order valence-electron chi connectivity index (χ4n) is 4.31. The highest BCUT2D eigenvalue weighted by Crippen LogP contribution is 2.36. The minimum absolute atomic E-state index is 0.190. The van der Waals surface area contributed by atoms with Crippen LogP contribution in [0.5, 0.6) is 0 Å². The van der Waals surface area contributed by atoms with Gasteiger partial charge in [0.1, 0.15) is 0 Å². The lowest BCUT2D eigenvalue weighted by Gasteiger charge is -2.34. The summed E-state index contributed by atoms with van der Waals surface area (Å²) in [5.74, 6) is 0.190. The van der Waals surface area contributed by atoms with E-state index >= 15 is 0 Å². The summed E-state index contributed by atoms with van der Waals surface area (Å²) in [5, 5.41) is 5.58. The summed E-state index contributed by atoms with van der Waals surface area (Å²) in [5.41, 5.74) is 3.78. The van der Waals surface area contributed by atoms with Gasteiger partial charge in [0.2, 0.25) is 5.91 Å². The van der Waals surface area contributed by atoms with Crippen LogP contribution in [-0.4, -0.2) is 43.5 Å². The van der Waals surface area contributed by atoms with E-state index in [1.54, 1.807) is 0 Å². The van der Waals surface area contributed by atoms with Crippen molar-refractivity contribution in [2.45, 2.75) is 19.4 Å². The predicted octanol–water partition coefficient (Wildman–Crippen LogP) is 4.09. The summed E-state index contributed by atoms with van der Waals surface area (Å²) in [6.07, 6.45) is 2.03. The normalized spacial score (nSPS) is 17.7. The number of nitrogens with one attached hydrogen (secondary N) is 1. The van der Waals surface area contributed by atoms with E-state index in [2.05, 4.69) is 40.5 Å². The molecule has 2 aromatic carbocycles. The number of benzene rings is 2. The van der Waals surface area contributed by atoms with Gasteiger partial charge >= 0.3 is 0 Å². The first kappa shape index (κ1) is 19.1. The van der Waals surface area contributed by atoms with Crippen LogP contribution in [0.15, 0.2) is 42.5 Å². The number of carbonyl (C=O) groups excluding carboxylic acids is 1. The van der Waals surface area contributed by atoms with Crippen LogP contribution in [0.4, 0.5) is 5.69 Å². The third-order valence-electron chi connectivity index (χ3n) is 5.94. The van der Waals surface area contributed by atoms with Gasteiger partial charge < -0.3 is 10.2 Å². The Morgan fingerprint density at radius 2 is 1.97 bits per heavy atom. The molecular formula is C23H24ClN3OS. The molecule has 6 heteroatoms. The van der Waals surface area contributed by atoms with E-state index in [1.807, 2.05) is 28.4 Å². The number of hydrogen-bond donors (Lipinski definition) is 1. The first-order valence-corrected chi connectivity index (χ1v) is 11.4. The molecule has 150 valence electrons. The molecule has 1 amide bonds. The van der Waals surface area contributed by atoms with Gasteiger partial charge in [0, 0.05) is 46.5 Å². The Balaban J connectivity index is 1.26. The number of carbonyl (C=O) groups is 1. The summed E-state index contributed by atoms with van der Waals surface area (Å²) in [6.45, 7) is 5.05. The van der Waals surface area contributed by atoms with Crippen LogP contribution in [0, 0.1) is 0 Å². The zero-order chi connectivity index (χ0) is 19.8. The van der Waals surface area contributed by atoms with E-state index in [4.69, 9.17) is 11.6 Å². The number of fused-ring (bicyclic) bond motifs is 3. The summed E-state index contributed by atoms with van der Waals surface area (Å²) in [4.78, 5) is 18.5. The molecule has 0 bridgehead atoms. The summed E-state index contributed by atoms with van der Waals surface area (Å²) < 4.78 is 1.30. The average Bonchev–Trinajstić information content (AvgIpc) is 3.11. The molecule has 1 saturated heterocycles. The van der Waals surface area contributed by atoms with Crippen LogP contribution in [0.3, 0.4) is 0 Å². The van der Waals surface area contributed by atoms with E-state index < -0.39 is 0 Å². The Labute approximate surface area is 180 Å². The first-order chi connectivity index (χ1) is 14.2. The van der Waals surface area contributed by atoms with Gasteiger partial charge in [-0.05, 0) is 60.2 Å². The first-order valence-electron chi connectivity index (χ1n) is 10.2. The molecule has 5 rings (SSSR count). The van der Waals surface area contributed by atoms with Crippen LogP contribution in [0.2, 0.25) is 5.02 Å². The smallest absolute Gasteiger partial charge is 0.241 e. The maximum Gasteiger partial charge on any atom is 0.241 e. The number of halogens is 1. The number of rotatable bonds is 4. The predicted molar refractivity (Wildman–Crippen MR) is 121 cm³/mol. The molecule has 3 heterocycles. The molecule has 4 nitrogen and oxygen atoms in total. The molecule has 2 aliphatic heterocycles. The Morgan fingerprint density at radius 1 is 1.10 bits per heavy atom. The second kappa shape index (κ2) is 8.07. The lowest BCUT2D eigenvalue weighted by atomic mass is 10.0. The van der Waals surface area contributed by atoms with Crippen molar-refractivity contribution in [3.63, 3.8) is 0 Å². The van der Waals surface area contributed by atoms with Gasteiger partial charge in [0.05, 0.1) is 6.54 Å². The van der Waals surface area contributed by atoms with Crippen molar-refractivity contribution in [3.05, 3.63) is 63.5 Å². The lowest BCUT2D eigenvalue weighted by molar-refractivity contribution is -0.121. The van der Waals surface area contributed by atoms with Crippen molar-refractivity contribution < 1.29 is 4.79 Å². The standard InChI is InChI=1S/C23H24ClN3OS/c24-17-3-1-16(2-4-17)8-10-26-11-12-27(23(28)15-26)18-5-6-19-20-7-9-25-14-22(20)29-21(19)13-18/h1-6,13,25H,7-12,14-15H2. The molecule has 2 aliphatic rings. The second-order valence-corrected chi connectivity index (χ2v) is 9.38. The third kappa shape index (κ3) is 3.92. The highest BCUT2D eigenvalue weighted by molar-refractivity contribution is 7.19. The number of piperazine rings is 1. The fourth-order valence-corrected chi connectivity index (χ4v) is 5.70.